The predicted molar refractivity (Wildman–Crippen MR) is 116 cm³/mol. The van der Waals surface area contributed by atoms with Crippen molar-refractivity contribution < 1.29 is 8.78 Å². The van der Waals surface area contributed by atoms with Crippen LogP contribution in [0.5, 0.6) is 0 Å². The molecule has 7 nitrogen and oxygen atoms in total. The number of nitrogens with zero attached hydrogens (tertiary/aromatic N) is 6. The normalized spacial score (nSPS) is 11.2. The molecule has 0 aliphatic rings. The molecule has 3 heterocycles. The monoisotopic (exact) mass is 431 g/mol. The van der Waals surface area contributed by atoms with Crippen molar-refractivity contribution in [2.45, 2.75) is 13.0 Å². The number of rotatable bonds is 6. The van der Waals surface area contributed by atoms with Crippen LogP contribution < -0.4 is 5.32 Å². The van der Waals surface area contributed by atoms with Crippen molar-refractivity contribution in [3.05, 3.63) is 95.6 Å². The van der Waals surface area contributed by atoms with Gasteiger partial charge in [-0.3, -0.25) is 0 Å². The second-order valence-electron chi connectivity index (χ2n) is 7.30. The van der Waals surface area contributed by atoms with Crippen molar-refractivity contribution in [3.8, 4) is 11.5 Å². The number of fused-ring (bicyclic) bond motifs is 1. The van der Waals surface area contributed by atoms with E-state index >= 15 is 0 Å². The molecule has 5 aromatic rings. The number of anilines is 1. The molecule has 0 amide bonds. The molecule has 2 aromatic carbocycles. The summed E-state index contributed by atoms with van der Waals surface area (Å²) in [5, 5.41) is 7.60. The van der Waals surface area contributed by atoms with Crippen molar-refractivity contribution >= 4 is 11.6 Å². The van der Waals surface area contributed by atoms with Crippen LogP contribution in [-0.4, -0.2) is 36.2 Å². The highest BCUT2D eigenvalue weighted by molar-refractivity contribution is 5.56. The quantitative estimate of drug-likeness (QED) is 0.441. The van der Waals surface area contributed by atoms with Crippen LogP contribution in [0.4, 0.5) is 14.7 Å². The Morgan fingerprint density at radius 3 is 2.72 bits per heavy atom. The van der Waals surface area contributed by atoms with Gasteiger partial charge in [-0.25, -0.2) is 23.4 Å². The fourth-order valence-electron chi connectivity index (χ4n) is 3.60. The van der Waals surface area contributed by atoms with Gasteiger partial charge in [0.1, 0.15) is 17.3 Å². The molecule has 0 unspecified atom stereocenters. The average molecular weight is 431 g/mol. The van der Waals surface area contributed by atoms with Crippen molar-refractivity contribution in [1.82, 2.24) is 29.1 Å². The van der Waals surface area contributed by atoms with Gasteiger partial charge in [0.25, 0.3) is 0 Å². The largest absolute Gasteiger partial charge is 0.357 e. The Balaban J connectivity index is 1.55. The van der Waals surface area contributed by atoms with E-state index < -0.39 is 0 Å². The summed E-state index contributed by atoms with van der Waals surface area (Å²) < 4.78 is 31.3. The average Bonchev–Trinajstić information content (AvgIpc) is 3.42. The molecule has 1 N–H and O–H groups in total. The Morgan fingerprint density at radius 2 is 1.91 bits per heavy atom. The van der Waals surface area contributed by atoms with E-state index in [1.807, 2.05) is 10.5 Å². The number of aromatic nitrogens is 6. The van der Waals surface area contributed by atoms with Gasteiger partial charge in [-0.2, -0.15) is 4.98 Å². The molecule has 32 heavy (non-hydrogen) atoms. The zero-order valence-corrected chi connectivity index (χ0v) is 17.2. The third-order valence-electron chi connectivity index (χ3n) is 5.11. The first-order chi connectivity index (χ1) is 15.6. The van der Waals surface area contributed by atoms with Crippen LogP contribution in [-0.2, 0) is 13.0 Å². The van der Waals surface area contributed by atoms with Gasteiger partial charge >= 0.3 is 0 Å². The lowest BCUT2D eigenvalue weighted by atomic mass is 10.1. The third-order valence-corrected chi connectivity index (χ3v) is 5.11. The maximum absolute atomic E-state index is 14.2. The summed E-state index contributed by atoms with van der Waals surface area (Å²) in [6, 6.07) is 12.9. The second kappa shape index (κ2) is 8.18. The van der Waals surface area contributed by atoms with Gasteiger partial charge < -0.3 is 9.72 Å². The maximum atomic E-state index is 14.2. The molecule has 0 spiro atoms. The summed E-state index contributed by atoms with van der Waals surface area (Å²) in [4.78, 5) is 13.6. The highest BCUT2D eigenvalue weighted by Gasteiger charge is 2.17. The van der Waals surface area contributed by atoms with Gasteiger partial charge in [0.15, 0.2) is 5.65 Å². The third kappa shape index (κ3) is 3.80. The smallest absolute Gasteiger partial charge is 0.221 e. The summed E-state index contributed by atoms with van der Waals surface area (Å²) in [6.45, 7) is 0.344. The fraction of sp³-hybridized carbons (Fsp3) is 0.130. The lowest BCUT2D eigenvalue weighted by molar-refractivity contribution is 0.613. The Bertz CT molecular complexity index is 1410. The second-order valence-corrected chi connectivity index (χ2v) is 7.30. The Hall–Kier alpha value is -4.14. The molecule has 3 aromatic heterocycles. The summed E-state index contributed by atoms with van der Waals surface area (Å²) >= 11 is 0. The standard InChI is InChI=1S/C23H19F2N7/c1-26-23-29-21(30-32(23)13-15-5-4-7-17(24)11-15)20-14-31-10-9-27-22(31)19(28-20)12-16-6-2-3-8-18(16)25/h2-11,14H,12-13H2,1H3,(H,26,29,30). The molecule has 0 aliphatic carbocycles. The van der Waals surface area contributed by atoms with Crippen LogP contribution in [0.3, 0.4) is 0 Å². The first-order valence-electron chi connectivity index (χ1n) is 10.0. The van der Waals surface area contributed by atoms with Crippen LogP contribution in [0.1, 0.15) is 16.8 Å². The maximum Gasteiger partial charge on any atom is 0.221 e. The van der Waals surface area contributed by atoms with E-state index in [1.54, 1.807) is 54.6 Å². The number of benzene rings is 2. The molecular formula is C23H19F2N7. The zero-order chi connectivity index (χ0) is 22.1. The minimum absolute atomic E-state index is 0.282. The van der Waals surface area contributed by atoms with Crippen LogP contribution in [0.2, 0.25) is 0 Å². The Morgan fingerprint density at radius 1 is 1.03 bits per heavy atom. The number of imidazole rings is 1. The molecule has 0 aliphatic heterocycles. The lowest BCUT2D eigenvalue weighted by Gasteiger charge is -2.07. The van der Waals surface area contributed by atoms with Crippen molar-refractivity contribution in [2.75, 3.05) is 12.4 Å². The van der Waals surface area contributed by atoms with E-state index in [1.165, 1.54) is 18.2 Å². The molecule has 0 saturated carbocycles. The predicted octanol–water partition coefficient (Wildman–Crippen LogP) is 3.95. The summed E-state index contributed by atoms with van der Waals surface area (Å²) in [5.74, 6) is 0.321. The van der Waals surface area contributed by atoms with Crippen LogP contribution in [0.15, 0.2) is 67.1 Å². The molecule has 9 heteroatoms. The van der Waals surface area contributed by atoms with E-state index in [0.29, 0.717) is 40.9 Å². The van der Waals surface area contributed by atoms with E-state index in [4.69, 9.17) is 4.98 Å². The van der Waals surface area contributed by atoms with Gasteiger partial charge in [-0.05, 0) is 29.3 Å². The van der Waals surface area contributed by atoms with Gasteiger partial charge in [0, 0.05) is 32.1 Å². The van der Waals surface area contributed by atoms with Gasteiger partial charge in [-0.1, -0.05) is 30.3 Å². The molecule has 0 bridgehead atoms. The molecule has 0 fully saturated rings. The summed E-state index contributed by atoms with van der Waals surface area (Å²) in [7, 11) is 1.74. The van der Waals surface area contributed by atoms with Crippen molar-refractivity contribution in [3.63, 3.8) is 0 Å². The van der Waals surface area contributed by atoms with E-state index in [-0.39, 0.29) is 18.1 Å². The Kier molecular flexibility index (Phi) is 5.06. The van der Waals surface area contributed by atoms with Gasteiger partial charge in [-0.15, -0.1) is 5.10 Å². The van der Waals surface area contributed by atoms with Gasteiger partial charge in [0.05, 0.1) is 12.2 Å². The molecule has 160 valence electrons. The fourth-order valence-corrected chi connectivity index (χ4v) is 3.60. The zero-order valence-electron chi connectivity index (χ0n) is 17.2. The van der Waals surface area contributed by atoms with Crippen LogP contribution in [0.25, 0.3) is 17.2 Å². The number of hydrogen-bond donors (Lipinski definition) is 1. The van der Waals surface area contributed by atoms with Crippen LogP contribution >= 0.6 is 0 Å². The molecule has 5 rings (SSSR count). The summed E-state index contributed by atoms with van der Waals surface area (Å²) in [6.07, 6.45) is 5.53. The minimum Gasteiger partial charge on any atom is -0.357 e. The number of halogens is 2. The number of nitrogens with one attached hydrogen (secondary N) is 1. The minimum atomic E-state index is -0.307. The number of hydrogen-bond acceptors (Lipinski definition) is 5. The van der Waals surface area contributed by atoms with Gasteiger partial charge in [0.2, 0.25) is 11.8 Å². The molecule has 0 saturated heterocycles. The topological polar surface area (TPSA) is 72.9 Å². The van der Waals surface area contributed by atoms with Crippen molar-refractivity contribution in [1.29, 1.82) is 0 Å². The first kappa shape index (κ1) is 19.8. The highest BCUT2D eigenvalue weighted by Crippen LogP contribution is 2.22. The summed E-state index contributed by atoms with van der Waals surface area (Å²) in [5.41, 5.74) is 3.07. The Labute approximate surface area is 182 Å². The van der Waals surface area contributed by atoms with E-state index in [9.17, 15) is 8.78 Å². The molecule has 0 atom stereocenters. The van der Waals surface area contributed by atoms with E-state index in [0.717, 1.165) is 5.56 Å². The van der Waals surface area contributed by atoms with Crippen molar-refractivity contribution in [2.24, 2.45) is 0 Å². The van der Waals surface area contributed by atoms with Crippen LogP contribution in [0, 0.1) is 11.6 Å². The highest BCUT2D eigenvalue weighted by atomic mass is 19.1. The lowest BCUT2D eigenvalue weighted by Crippen LogP contribution is -2.07. The first-order valence-corrected chi connectivity index (χ1v) is 10.0. The molecule has 0 radical (unpaired) electrons. The molecular weight excluding hydrogens is 412 g/mol. The van der Waals surface area contributed by atoms with E-state index in [2.05, 4.69) is 20.4 Å². The SMILES string of the molecule is CNc1nc(-c2cn3ccnc3c(Cc3ccccc3F)n2)nn1Cc1cccc(F)c1.